The van der Waals surface area contributed by atoms with E-state index in [1.807, 2.05) is 22.7 Å². The highest BCUT2D eigenvalue weighted by Crippen LogP contribution is 2.16. The third-order valence-electron chi connectivity index (χ3n) is 3.49. The van der Waals surface area contributed by atoms with Crippen molar-refractivity contribution in [1.82, 2.24) is 10.2 Å². The van der Waals surface area contributed by atoms with Crippen LogP contribution in [0.5, 0.6) is 0 Å². The summed E-state index contributed by atoms with van der Waals surface area (Å²) in [5.41, 5.74) is 0. The third-order valence-corrected chi connectivity index (χ3v) is 4.50. The van der Waals surface area contributed by atoms with E-state index in [0.717, 1.165) is 38.2 Å². The normalized spacial score (nSPS) is 16.6. The maximum Gasteiger partial charge on any atom is 0.219 e. The number of likely N-dealkylation sites (tertiary alicyclic amines) is 1. The molecule has 1 amide bonds. The van der Waals surface area contributed by atoms with Gasteiger partial charge in [-0.05, 0) is 25.0 Å². The van der Waals surface area contributed by atoms with Gasteiger partial charge < -0.3 is 10.2 Å². The van der Waals surface area contributed by atoms with Crippen molar-refractivity contribution >= 4 is 17.7 Å². The van der Waals surface area contributed by atoms with E-state index in [1.165, 1.54) is 4.90 Å². The standard InChI is InChI=1S/C15H22N2OS/c1-13(18)17-10-7-14(8-11-17)16-9-12-19-15-5-3-2-4-6-15/h2-6,14,16H,7-12H2,1H3. The molecule has 0 aliphatic carbocycles. The van der Waals surface area contributed by atoms with Gasteiger partial charge in [0.25, 0.3) is 0 Å². The Labute approximate surface area is 119 Å². The zero-order chi connectivity index (χ0) is 13.5. The van der Waals surface area contributed by atoms with Gasteiger partial charge in [-0.1, -0.05) is 18.2 Å². The molecule has 0 aromatic heterocycles. The Balaban J connectivity index is 1.58. The van der Waals surface area contributed by atoms with E-state index in [9.17, 15) is 4.79 Å². The summed E-state index contributed by atoms with van der Waals surface area (Å²) in [5, 5.41) is 3.59. The molecule has 0 saturated carbocycles. The van der Waals surface area contributed by atoms with Crippen LogP contribution in [0.1, 0.15) is 19.8 Å². The van der Waals surface area contributed by atoms with Crippen LogP contribution >= 0.6 is 11.8 Å². The molecule has 1 fully saturated rings. The smallest absolute Gasteiger partial charge is 0.219 e. The number of nitrogens with zero attached hydrogens (tertiary/aromatic N) is 1. The van der Waals surface area contributed by atoms with E-state index in [1.54, 1.807) is 6.92 Å². The fourth-order valence-electron chi connectivity index (χ4n) is 2.35. The number of nitrogens with one attached hydrogen (secondary N) is 1. The Morgan fingerprint density at radius 2 is 2.00 bits per heavy atom. The largest absolute Gasteiger partial charge is 0.343 e. The zero-order valence-electron chi connectivity index (χ0n) is 11.5. The third kappa shape index (κ3) is 4.88. The highest BCUT2D eigenvalue weighted by atomic mass is 32.2. The Morgan fingerprint density at radius 1 is 1.32 bits per heavy atom. The molecule has 0 atom stereocenters. The van der Waals surface area contributed by atoms with E-state index >= 15 is 0 Å². The van der Waals surface area contributed by atoms with Crippen molar-refractivity contribution in [3.8, 4) is 0 Å². The van der Waals surface area contributed by atoms with Crippen LogP contribution in [0.25, 0.3) is 0 Å². The van der Waals surface area contributed by atoms with Crippen LogP contribution in [0.3, 0.4) is 0 Å². The Hall–Kier alpha value is -1.00. The van der Waals surface area contributed by atoms with Crippen LogP contribution in [-0.4, -0.2) is 42.2 Å². The number of hydrogen-bond donors (Lipinski definition) is 1. The van der Waals surface area contributed by atoms with Crippen LogP contribution in [0.2, 0.25) is 0 Å². The first kappa shape index (κ1) is 14.4. The molecule has 19 heavy (non-hydrogen) atoms. The first-order chi connectivity index (χ1) is 9.25. The number of amides is 1. The lowest BCUT2D eigenvalue weighted by atomic mass is 10.1. The molecule has 104 valence electrons. The van der Waals surface area contributed by atoms with Crippen LogP contribution < -0.4 is 5.32 Å². The van der Waals surface area contributed by atoms with E-state index in [2.05, 4.69) is 29.6 Å². The summed E-state index contributed by atoms with van der Waals surface area (Å²) in [7, 11) is 0. The van der Waals surface area contributed by atoms with E-state index in [4.69, 9.17) is 0 Å². The predicted molar refractivity (Wildman–Crippen MR) is 80.4 cm³/mol. The minimum absolute atomic E-state index is 0.207. The van der Waals surface area contributed by atoms with Crippen molar-refractivity contribution in [1.29, 1.82) is 0 Å². The van der Waals surface area contributed by atoms with Gasteiger partial charge in [-0.3, -0.25) is 4.79 Å². The number of carbonyl (C=O) groups is 1. The molecule has 1 heterocycles. The van der Waals surface area contributed by atoms with Gasteiger partial charge in [0.2, 0.25) is 5.91 Å². The quantitative estimate of drug-likeness (QED) is 0.663. The Kier molecular flexibility index (Phi) is 5.73. The average Bonchev–Trinajstić information content (AvgIpc) is 2.45. The second-order valence-corrected chi connectivity index (χ2v) is 6.06. The molecule has 0 spiro atoms. The molecule has 1 aromatic carbocycles. The van der Waals surface area contributed by atoms with Crippen LogP contribution in [0.15, 0.2) is 35.2 Å². The van der Waals surface area contributed by atoms with E-state index in [-0.39, 0.29) is 5.91 Å². The Bertz CT molecular complexity index is 388. The maximum atomic E-state index is 11.2. The number of thioether (sulfide) groups is 1. The molecule has 2 rings (SSSR count). The number of rotatable bonds is 5. The molecule has 0 unspecified atom stereocenters. The fourth-order valence-corrected chi connectivity index (χ4v) is 3.15. The van der Waals surface area contributed by atoms with E-state index < -0.39 is 0 Å². The minimum Gasteiger partial charge on any atom is -0.343 e. The summed E-state index contributed by atoms with van der Waals surface area (Å²) < 4.78 is 0. The zero-order valence-corrected chi connectivity index (χ0v) is 12.3. The summed E-state index contributed by atoms with van der Waals surface area (Å²) >= 11 is 1.89. The summed E-state index contributed by atoms with van der Waals surface area (Å²) in [6, 6.07) is 11.1. The highest BCUT2D eigenvalue weighted by Gasteiger charge is 2.19. The summed E-state index contributed by atoms with van der Waals surface area (Å²) in [6.07, 6.45) is 2.16. The first-order valence-electron chi connectivity index (χ1n) is 6.92. The second-order valence-electron chi connectivity index (χ2n) is 4.90. The molecular weight excluding hydrogens is 256 g/mol. The van der Waals surface area contributed by atoms with Gasteiger partial charge in [-0.15, -0.1) is 11.8 Å². The van der Waals surface area contributed by atoms with Gasteiger partial charge >= 0.3 is 0 Å². The van der Waals surface area contributed by atoms with Gasteiger partial charge in [-0.25, -0.2) is 0 Å². The SMILES string of the molecule is CC(=O)N1CCC(NCCSc2ccccc2)CC1. The lowest BCUT2D eigenvalue weighted by Crippen LogP contribution is -2.44. The number of benzene rings is 1. The maximum absolute atomic E-state index is 11.2. The van der Waals surface area contributed by atoms with Crippen molar-refractivity contribution in [2.75, 3.05) is 25.4 Å². The van der Waals surface area contributed by atoms with Gasteiger partial charge in [0, 0.05) is 43.2 Å². The van der Waals surface area contributed by atoms with E-state index in [0.29, 0.717) is 6.04 Å². The minimum atomic E-state index is 0.207. The predicted octanol–water partition coefficient (Wildman–Crippen LogP) is 2.38. The van der Waals surface area contributed by atoms with Gasteiger partial charge in [0.15, 0.2) is 0 Å². The molecule has 0 radical (unpaired) electrons. The molecule has 0 bridgehead atoms. The Morgan fingerprint density at radius 3 is 2.63 bits per heavy atom. The monoisotopic (exact) mass is 278 g/mol. The van der Waals surface area contributed by atoms with Gasteiger partial charge in [0.05, 0.1) is 0 Å². The van der Waals surface area contributed by atoms with Crippen molar-refractivity contribution in [2.45, 2.75) is 30.7 Å². The molecule has 4 heteroatoms. The summed E-state index contributed by atoms with van der Waals surface area (Å²) in [6.45, 7) is 4.49. The van der Waals surface area contributed by atoms with Crippen molar-refractivity contribution < 1.29 is 4.79 Å². The van der Waals surface area contributed by atoms with Crippen LogP contribution in [0, 0.1) is 0 Å². The lowest BCUT2D eigenvalue weighted by molar-refractivity contribution is -0.129. The first-order valence-corrected chi connectivity index (χ1v) is 7.91. The van der Waals surface area contributed by atoms with Crippen molar-refractivity contribution in [3.63, 3.8) is 0 Å². The van der Waals surface area contributed by atoms with Gasteiger partial charge in [-0.2, -0.15) is 0 Å². The van der Waals surface area contributed by atoms with Crippen molar-refractivity contribution in [3.05, 3.63) is 30.3 Å². The number of carbonyl (C=O) groups excluding carboxylic acids is 1. The molecule has 1 aliphatic heterocycles. The highest BCUT2D eigenvalue weighted by molar-refractivity contribution is 7.99. The lowest BCUT2D eigenvalue weighted by Gasteiger charge is -2.31. The average molecular weight is 278 g/mol. The number of hydrogen-bond acceptors (Lipinski definition) is 3. The summed E-state index contributed by atoms with van der Waals surface area (Å²) in [4.78, 5) is 14.5. The fraction of sp³-hybridized carbons (Fsp3) is 0.533. The molecule has 3 nitrogen and oxygen atoms in total. The molecule has 1 aromatic rings. The summed E-state index contributed by atoms with van der Waals surface area (Å²) in [5.74, 6) is 1.30. The van der Waals surface area contributed by atoms with Crippen molar-refractivity contribution in [2.24, 2.45) is 0 Å². The number of piperidine rings is 1. The van der Waals surface area contributed by atoms with Crippen LogP contribution in [-0.2, 0) is 4.79 Å². The van der Waals surface area contributed by atoms with Gasteiger partial charge in [0.1, 0.15) is 0 Å². The molecule has 1 N–H and O–H groups in total. The second kappa shape index (κ2) is 7.56. The van der Waals surface area contributed by atoms with Crippen LogP contribution in [0.4, 0.5) is 0 Å². The molecular formula is C15H22N2OS. The topological polar surface area (TPSA) is 32.3 Å². The molecule has 1 aliphatic rings. The molecule has 1 saturated heterocycles.